The fourth-order valence-corrected chi connectivity index (χ4v) is 0. The molecule has 0 atom stereocenters. The van der Waals surface area contributed by atoms with Crippen molar-refractivity contribution in [2.45, 2.75) is 6.92 Å². The van der Waals surface area contributed by atoms with Gasteiger partial charge in [-0.05, 0) is 0 Å². The van der Waals surface area contributed by atoms with E-state index in [9.17, 15) is 0 Å². The molecule has 0 N–H and O–H groups in total. The highest BCUT2D eigenvalue weighted by Crippen LogP contribution is 1.59. The van der Waals surface area contributed by atoms with Gasteiger partial charge in [-0.2, -0.15) is 0 Å². The lowest BCUT2D eigenvalue weighted by molar-refractivity contribution is 1.51. The standard InChI is InChI=1S/C2H5Cl.5ClH/c1-2-3;;;;;/h2H2,1H3;5*1H. The Kier molecular flexibility index (Phi) is 464. The van der Waals surface area contributed by atoms with Gasteiger partial charge in [-0.15, -0.1) is 73.6 Å². The highest BCUT2D eigenvalue weighted by atomic mass is 35.5. The molecule has 6 heteroatoms. The summed E-state index contributed by atoms with van der Waals surface area (Å²) < 4.78 is 0. The van der Waals surface area contributed by atoms with Gasteiger partial charge in [-0.3, -0.25) is 0 Å². The number of hydrogen-bond donors (Lipinski definition) is 0. The first-order chi connectivity index (χ1) is 1.41. The van der Waals surface area contributed by atoms with E-state index in [1.54, 1.807) is 0 Å². The van der Waals surface area contributed by atoms with Gasteiger partial charge in [0.05, 0.1) is 0 Å². The highest BCUT2D eigenvalue weighted by molar-refractivity contribution is 6.17. The molecule has 0 aromatic heterocycles. The average molecular weight is 247 g/mol. The lowest BCUT2D eigenvalue weighted by Gasteiger charge is -1.45. The van der Waals surface area contributed by atoms with E-state index in [4.69, 9.17) is 11.6 Å². The number of halogens is 6. The van der Waals surface area contributed by atoms with Crippen molar-refractivity contribution in [3.63, 3.8) is 0 Å². The highest BCUT2D eigenvalue weighted by Gasteiger charge is 1.38. The van der Waals surface area contributed by atoms with Gasteiger partial charge in [0, 0.05) is 5.88 Å². The average Bonchev–Trinajstić information content (AvgIpc) is 0.918. The summed E-state index contributed by atoms with van der Waals surface area (Å²) in [7, 11) is 0. The quantitative estimate of drug-likeness (QED) is 0.575. The molecule has 0 saturated heterocycles. The molecule has 0 amide bonds. The molecule has 0 saturated carbocycles. The maximum atomic E-state index is 5.00. The van der Waals surface area contributed by atoms with E-state index < -0.39 is 0 Å². The Hall–Kier alpha value is 1.74. The topological polar surface area (TPSA) is 0 Å². The molecule has 0 radical (unpaired) electrons. The molecule has 0 nitrogen and oxygen atoms in total. The molecule has 0 rings (SSSR count). The van der Waals surface area contributed by atoms with Crippen LogP contribution < -0.4 is 0 Å². The summed E-state index contributed by atoms with van der Waals surface area (Å²) in [5.41, 5.74) is 0. The minimum absolute atomic E-state index is 0. The SMILES string of the molecule is CCCl.Cl.Cl.Cl.Cl.Cl. The Balaban J connectivity index is -0.00000000200. The summed E-state index contributed by atoms with van der Waals surface area (Å²) in [4.78, 5) is 0. The van der Waals surface area contributed by atoms with Gasteiger partial charge in [-0.1, -0.05) is 6.92 Å². The van der Waals surface area contributed by atoms with E-state index >= 15 is 0 Å². The van der Waals surface area contributed by atoms with Crippen molar-refractivity contribution in [1.29, 1.82) is 0 Å². The number of rotatable bonds is 0. The fraction of sp³-hybridized carbons (Fsp3) is 1.00. The van der Waals surface area contributed by atoms with Crippen molar-refractivity contribution in [2.75, 3.05) is 5.88 Å². The Morgan fingerprint density at radius 2 is 0.875 bits per heavy atom. The van der Waals surface area contributed by atoms with E-state index in [1.165, 1.54) is 0 Å². The largest absolute Gasteiger partial charge is 0.147 e. The molecule has 0 unspecified atom stereocenters. The van der Waals surface area contributed by atoms with Crippen LogP contribution in [0.15, 0.2) is 0 Å². The van der Waals surface area contributed by atoms with Crippen molar-refractivity contribution in [3.05, 3.63) is 0 Å². The molecule has 0 aliphatic carbocycles. The Morgan fingerprint density at radius 1 is 0.875 bits per heavy atom. The summed E-state index contributed by atoms with van der Waals surface area (Å²) in [5.74, 6) is 0.722. The van der Waals surface area contributed by atoms with Crippen LogP contribution in [0.25, 0.3) is 0 Å². The summed E-state index contributed by atoms with van der Waals surface area (Å²) >= 11 is 5.00. The summed E-state index contributed by atoms with van der Waals surface area (Å²) in [6.45, 7) is 1.89. The summed E-state index contributed by atoms with van der Waals surface area (Å²) in [6.07, 6.45) is 0. The number of alkyl halides is 1. The predicted octanol–water partition coefficient (Wildman–Crippen LogP) is 3.35. The molecular formula is C2H10Cl6. The summed E-state index contributed by atoms with van der Waals surface area (Å²) in [6, 6.07) is 0. The van der Waals surface area contributed by atoms with E-state index in [0.717, 1.165) is 5.88 Å². The second kappa shape index (κ2) is 69.7. The van der Waals surface area contributed by atoms with Gasteiger partial charge in [0.25, 0.3) is 0 Å². The normalized spacial score (nSPS) is 2.25. The van der Waals surface area contributed by atoms with Gasteiger partial charge in [0.15, 0.2) is 0 Å². The monoisotopic (exact) mass is 244 g/mol. The van der Waals surface area contributed by atoms with E-state index in [2.05, 4.69) is 0 Å². The Labute approximate surface area is 86.2 Å². The fourth-order valence-electron chi connectivity index (χ4n) is 0. The molecule has 60 valence electrons. The minimum atomic E-state index is 0. The van der Waals surface area contributed by atoms with Crippen LogP contribution in [-0.2, 0) is 0 Å². The van der Waals surface area contributed by atoms with Crippen LogP contribution in [0.5, 0.6) is 0 Å². The first-order valence-electron chi connectivity index (χ1n) is 0.974. The molecule has 0 heterocycles. The lowest BCUT2D eigenvalue weighted by atomic mass is 11.0. The maximum Gasteiger partial charge on any atom is 0.0195 e. The molecular weight excluding hydrogens is 237 g/mol. The van der Waals surface area contributed by atoms with Crippen molar-refractivity contribution >= 4 is 73.6 Å². The van der Waals surface area contributed by atoms with Crippen LogP contribution >= 0.6 is 73.6 Å². The van der Waals surface area contributed by atoms with Crippen LogP contribution in [0.3, 0.4) is 0 Å². The summed E-state index contributed by atoms with van der Waals surface area (Å²) in [5, 5.41) is 0. The zero-order chi connectivity index (χ0) is 2.71. The van der Waals surface area contributed by atoms with Crippen LogP contribution in [-0.4, -0.2) is 5.88 Å². The van der Waals surface area contributed by atoms with Crippen LogP contribution in [0.4, 0.5) is 0 Å². The first-order valence-corrected chi connectivity index (χ1v) is 1.51. The third kappa shape index (κ3) is 116. The van der Waals surface area contributed by atoms with E-state index in [-0.39, 0.29) is 62.0 Å². The van der Waals surface area contributed by atoms with Crippen molar-refractivity contribution in [1.82, 2.24) is 0 Å². The molecule has 0 aliphatic rings. The Bertz CT molecular complexity index is 6.49. The minimum Gasteiger partial charge on any atom is -0.147 e. The molecule has 0 aliphatic heterocycles. The first kappa shape index (κ1) is 53.2. The molecule has 0 bridgehead atoms. The van der Waals surface area contributed by atoms with Gasteiger partial charge in [0.2, 0.25) is 0 Å². The molecule has 0 aromatic rings. The number of hydrogen-bond acceptors (Lipinski definition) is 0. The van der Waals surface area contributed by atoms with Crippen molar-refractivity contribution < 1.29 is 0 Å². The lowest BCUT2D eigenvalue weighted by Crippen LogP contribution is -1.36. The van der Waals surface area contributed by atoms with Gasteiger partial charge < -0.3 is 0 Å². The third-order valence-corrected chi connectivity index (χ3v) is 0. The van der Waals surface area contributed by atoms with Crippen molar-refractivity contribution in [2.24, 2.45) is 0 Å². The van der Waals surface area contributed by atoms with Gasteiger partial charge in [-0.25, -0.2) is 0 Å². The molecule has 8 heavy (non-hydrogen) atoms. The maximum absolute atomic E-state index is 5.00. The second-order valence-electron chi connectivity index (χ2n) is 0.267. The second-order valence-corrected chi connectivity index (χ2v) is 0.802. The molecule has 0 aromatic carbocycles. The van der Waals surface area contributed by atoms with Crippen LogP contribution in [0, 0.1) is 0 Å². The van der Waals surface area contributed by atoms with Crippen molar-refractivity contribution in [3.8, 4) is 0 Å². The van der Waals surface area contributed by atoms with E-state index in [0.29, 0.717) is 0 Å². The zero-order valence-electron chi connectivity index (χ0n) is 4.13. The van der Waals surface area contributed by atoms with E-state index in [1.807, 2.05) is 6.92 Å². The Morgan fingerprint density at radius 3 is 0.875 bits per heavy atom. The van der Waals surface area contributed by atoms with Crippen LogP contribution in [0.1, 0.15) is 6.92 Å². The third-order valence-electron chi connectivity index (χ3n) is 0. The molecule has 0 spiro atoms. The van der Waals surface area contributed by atoms with Gasteiger partial charge >= 0.3 is 0 Å². The predicted molar refractivity (Wildman–Crippen MR) is 52.6 cm³/mol. The van der Waals surface area contributed by atoms with Gasteiger partial charge in [0.1, 0.15) is 0 Å². The van der Waals surface area contributed by atoms with Crippen LogP contribution in [0.2, 0.25) is 0 Å². The zero-order valence-corrected chi connectivity index (χ0v) is 8.96. The molecule has 0 fully saturated rings. The smallest absolute Gasteiger partial charge is 0.0195 e.